The Balaban J connectivity index is 1.05. The van der Waals surface area contributed by atoms with Crippen LogP contribution in [0.5, 0.6) is 0 Å². The number of nitrogens with zero attached hydrogens (tertiary/aromatic N) is 2. The van der Waals surface area contributed by atoms with Gasteiger partial charge < -0.3 is 4.90 Å². The van der Waals surface area contributed by atoms with Crippen molar-refractivity contribution in [2.75, 3.05) is 13.1 Å². The van der Waals surface area contributed by atoms with Crippen LogP contribution >= 0.6 is 0 Å². The number of hydrogen-bond donors (Lipinski definition) is 1. The molecule has 2 aromatic rings. The first kappa shape index (κ1) is 23.4. The maximum absolute atomic E-state index is 13.0. The highest BCUT2D eigenvalue weighted by molar-refractivity contribution is 6.05. The molecule has 1 aliphatic carbocycles. The molecule has 6 rings (SSSR count). The number of piperidine rings is 2. The molecule has 2 saturated heterocycles. The first-order valence-electron chi connectivity index (χ1n) is 13.6. The van der Waals surface area contributed by atoms with Gasteiger partial charge in [-0.2, -0.15) is 0 Å². The maximum atomic E-state index is 13.0. The Hall–Kier alpha value is -2.99. The molecule has 0 radical (unpaired) electrons. The zero-order chi connectivity index (χ0) is 24.6. The van der Waals surface area contributed by atoms with Gasteiger partial charge in [0, 0.05) is 25.1 Å². The summed E-state index contributed by atoms with van der Waals surface area (Å²) >= 11 is 0. The van der Waals surface area contributed by atoms with Crippen molar-refractivity contribution in [2.45, 2.75) is 82.3 Å². The molecule has 3 amide bonds. The summed E-state index contributed by atoms with van der Waals surface area (Å²) in [7, 11) is 0. The Morgan fingerprint density at radius 3 is 2.22 bits per heavy atom. The molecule has 1 unspecified atom stereocenters. The number of rotatable bonds is 5. The van der Waals surface area contributed by atoms with E-state index in [-0.39, 0.29) is 24.1 Å². The van der Waals surface area contributed by atoms with Gasteiger partial charge in [0.2, 0.25) is 11.8 Å². The van der Waals surface area contributed by atoms with Crippen LogP contribution in [0, 0.1) is 0 Å². The highest BCUT2D eigenvalue weighted by Crippen LogP contribution is 2.35. The second kappa shape index (κ2) is 9.81. The van der Waals surface area contributed by atoms with E-state index < -0.39 is 6.04 Å². The third-order valence-electron chi connectivity index (χ3n) is 8.82. The predicted molar refractivity (Wildman–Crippen MR) is 137 cm³/mol. The Morgan fingerprint density at radius 2 is 1.50 bits per heavy atom. The Morgan fingerprint density at radius 1 is 0.806 bits per heavy atom. The van der Waals surface area contributed by atoms with Gasteiger partial charge in [0.1, 0.15) is 6.04 Å². The SMILES string of the molecule is O=C1CCC(N2Cc3cc(C4CCN(Cc5ccc(C6CCCC6)cc5)CC4)ccc3C2=O)C(=O)N1. The average Bonchev–Trinajstić information content (AvgIpc) is 3.54. The molecule has 3 aliphatic heterocycles. The normalized spacial score (nSPS) is 23.8. The minimum atomic E-state index is -0.554. The summed E-state index contributed by atoms with van der Waals surface area (Å²) < 4.78 is 0. The summed E-state index contributed by atoms with van der Waals surface area (Å²) in [5, 5.41) is 2.38. The van der Waals surface area contributed by atoms with Gasteiger partial charge in [0.15, 0.2) is 0 Å². The molecular formula is C30H35N3O3. The minimum Gasteiger partial charge on any atom is -0.322 e. The topological polar surface area (TPSA) is 69.7 Å². The van der Waals surface area contributed by atoms with E-state index in [2.05, 4.69) is 46.6 Å². The number of hydrogen-bond acceptors (Lipinski definition) is 4. The average molecular weight is 486 g/mol. The fourth-order valence-corrected chi connectivity index (χ4v) is 6.69. The summed E-state index contributed by atoms with van der Waals surface area (Å²) in [5.74, 6) is 0.563. The largest absolute Gasteiger partial charge is 0.322 e. The van der Waals surface area contributed by atoms with Crippen LogP contribution in [0.3, 0.4) is 0 Å². The predicted octanol–water partition coefficient (Wildman–Crippen LogP) is 4.48. The third-order valence-corrected chi connectivity index (χ3v) is 8.82. The molecule has 1 atom stereocenters. The van der Waals surface area contributed by atoms with Crippen LogP contribution in [0.4, 0.5) is 0 Å². The first-order valence-corrected chi connectivity index (χ1v) is 13.6. The lowest BCUT2D eigenvalue weighted by Crippen LogP contribution is -2.52. The lowest BCUT2D eigenvalue weighted by atomic mass is 9.87. The molecule has 3 fully saturated rings. The number of carbonyl (C=O) groups is 3. The molecule has 1 N–H and O–H groups in total. The van der Waals surface area contributed by atoms with Crippen molar-refractivity contribution in [3.8, 4) is 0 Å². The van der Waals surface area contributed by atoms with E-state index in [1.165, 1.54) is 42.4 Å². The molecule has 4 aliphatic rings. The van der Waals surface area contributed by atoms with Crippen molar-refractivity contribution in [2.24, 2.45) is 0 Å². The number of likely N-dealkylation sites (tertiary alicyclic amines) is 1. The minimum absolute atomic E-state index is 0.0974. The molecule has 0 bridgehead atoms. The summed E-state index contributed by atoms with van der Waals surface area (Å²) in [6.45, 7) is 3.61. The number of nitrogens with one attached hydrogen (secondary N) is 1. The van der Waals surface area contributed by atoms with Gasteiger partial charge in [-0.05, 0) is 85.3 Å². The highest BCUT2D eigenvalue weighted by atomic mass is 16.2. The van der Waals surface area contributed by atoms with Crippen molar-refractivity contribution in [1.82, 2.24) is 15.1 Å². The number of fused-ring (bicyclic) bond motifs is 1. The molecule has 36 heavy (non-hydrogen) atoms. The molecule has 2 aromatic carbocycles. The van der Waals surface area contributed by atoms with E-state index in [4.69, 9.17) is 0 Å². The summed E-state index contributed by atoms with van der Waals surface area (Å²) in [6.07, 6.45) is 8.36. The van der Waals surface area contributed by atoms with Gasteiger partial charge in [-0.1, -0.05) is 49.2 Å². The van der Waals surface area contributed by atoms with E-state index >= 15 is 0 Å². The molecule has 3 heterocycles. The quantitative estimate of drug-likeness (QED) is 0.634. The van der Waals surface area contributed by atoms with Crippen molar-refractivity contribution in [1.29, 1.82) is 0 Å². The zero-order valence-corrected chi connectivity index (χ0v) is 20.9. The van der Waals surface area contributed by atoms with Crippen LogP contribution in [0.2, 0.25) is 0 Å². The van der Waals surface area contributed by atoms with Crippen LogP contribution in [0.25, 0.3) is 0 Å². The summed E-state index contributed by atoms with van der Waals surface area (Å²) in [4.78, 5) is 41.0. The van der Waals surface area contributed by atoms with Crippen molar-refractivity contribution < 1.29 is 14.4 Å². The second-order valence-electron chi connectivity index (χ2n) is 11.1. The van der Waals surface area contributed by atoms with Gasteiger partial charge in [-0.15, -0.1) is 0 Å². The van der Waals surface area contributed by atoms with E-state index in [9.17, 15) is 14.4 Å². The lowest BCUT2D eigenvalue weighted by molar-refractivity contribution is -0.136. The molecule has 6 nitrogen and oxygen atoms in total. The van der Waals surface area contributed by atoms with Crippen molar-refractivity contribution in [3.05, 3.63) is 70.3 Å². The smallest absolute Gasteiger partial charge is 0.255 e. The number of benzene rings is 2. The number of amides is 3. The Kier molecular flexibility index (Phi) is 6.38. The van der Waals surface area contributed by atoms with E-state index in [0.717, 1.165) is 44.0 Å². The zero-order valence-electron chi connectivity index (χ0n) is 20.9. The molecular weight excluding hydrogens is 450 g/mol. The van der Waals surface area contributed by atoms with Gasteiger partial charge in [0.25, 0.3) is 5.91 Å². The first-order chi connectivity index (χ1) is 17.5. The standard InChI is InChI=1S/C30H35N3O3/c34-28-12-11-27(29(35)31-28)33-19-25-17-24(9-10-26(25)30(33)36)23-13-15-32(16-14-23)18-20-5-7-22(8-6-20)21-3-1-2-4-21/h5-10,17,21,23,27H,1-4,11-16,18-19H2,(H,31,34,35). The van der Waals surface area contributed by atoms with E-state index in [1.807, 2.05) is 6.07 Å². The van der Waals surface area contributed by atoms with Crippen molar-refractivity contribution in [3.63, 3.8) is 0 Å². The highest BCUT2D eigenvalue weighted by Gasteiger charge is 2.39. The fraction of sp³-hybridized carbons (Fsp3) is 0.500. The third kappa shape index (κ3) is 4.59. The lowest BCUT2D eigenvalue weighted by Gasteiger charge is -2.32. The van der Waals surface area contributed by atoms with E-state index in [0.29, 0.717) is 24.4 Å². The Labute approximate surface area is 213 Å². The van der Waals surface area contributed by atoms with Crippen LogP contribution in [-0.4, -0.2) is 46.7 Å². The molecule has 6 heteroatoms. The van der Waals surface area contributed by atoms with Gasteiger partial charge in [-0.25, -0.2) is 0 Å². The fourth-order valence-electron chi connectivity index (χ4n) is 6.69. The van der Waals surface area contributed by atoms with Crippen LogP contribution < -0.4 is 5.32 Å². The summed E-state index contributed by atoms with van der Waals surface area (Å²) in [5.41, 5.74) is 5.92. The van der Waals surface area contributed by atoms with Crippen LogP contribution in [0.15, 0.2) is 42.5 Å². The van der Waals surface area contributed by atoms with Gasteiger partial charge >= 0.3 is 0 Å². The molecule has 188 valence electrons. The molecule has 0 aromatic heterocycles. The Bertz CT molecular complexity index is 1160. The van der Waals surface area contributed by atoms with Crippen molar-refractivity contribution >= 4 is 17.7 Å². The van der Waals surface area contributed by atoms with Gasteiger partial charge in [0.05, 0.1) is 0 Å². The van der Waals surface area contributed by atoms with Gasteiger partial charge in [-0.3, -0.25) is 24.6 Å². The van der Waals surface area contributed by atoms with Crippen LogP contribution in [0.1, 0.15) is 95.8 Å². The van der Waals surface area contributed by atoms with Crippen LogP contribution in [-0.2, 0) is 22.7 Å². The monoisotopic (exact) mass is 485 g/mol. The summed E-state index contributed by atoms with van der Waals surface area (Å²) in [6, 6.07) is 15.0. The molecule has 0 spiro atoms. The molecule has 1 saturated carbocycles. The second-order valence-corrected chi connectivity index (χ2v) is 11.1. The van der Waals surface area contributed by atoms with E-state index in [1.54, 1.807) is 4.90 Å². The maximum Gasteiger partial charge on any atom is 0.255 e. The number of carbonyl (C=O) groups excluding carboxylic acids is 3. The number of imide groups is 1.